The SMILES string of the molecule is CCOC(=O)/C(C#N)=C(\S)N(CC)C(=O)CC. The second-order valence-corrected chi connectivity index (χ2v) is 3.45. The molecule has 0 aromatic carbocycles. The summed E-state index contributed by atoms with van der Waals surface area (Å²) in [5, 5.41) is 8.94. The molecule has 0 aliphatic rings. The van der Waals surface area contributed by atoms with E-state index in [0.717, 1.165) is 0 Å². The van der Waals surface area contributed by atoms with E-state index in [1.54, 1.807) is 26.8 Å². The van der Waals surface area contributed by atoms with Gasteiger partial charge in [0.05, 0.1) is 11.6 Å². The van der Waals surface area contributed by atoms with Crippen molar-refractivity contribution in [3.05, 3.63) is 10.6 Å². The molecule has 0 atom stereocenters. The van der Waals surface area contributed by atoms with Crippen LogP contribution in [0.25, 0.3) is 0 Å². The fraction of sp³-hybridized carbons (Fsp3) is 0.545. The first-order valence-corrected chi connectivity index (χ1v) is 5.78. The van der Waals surface area contributed by atoms with Gasteiger partial charge in [-0.05, 0) is 13.8 Å². The molecule has 0 N–H and O–H groups in total. The first-order chi connectivity index (χ1) is 8.03. The van der Waals surface area contributed by atoms with E-state index in [9.17, 15) is 9.59 Å². The Bertz CT molecular complexity index is 371. The Balaban J connectivity index is 5.27. The van der Waals surface area contributed by atoms with Crippen molar-refractivity contribution in [3.8, 4) is 6.07 Å². The number of amides is 1. The Hall–Kier alpha value is -1.48. The predicted molar refractivity (Wildman–Crippen MR) is 65.9 cm³/mol. The lowest BCUT2D eigenvalue weighted by molar-refractivity contribution is -0.138. The van der Waals surface area contributed by atoms with Crippen molar-refractivity contribution in [2.75, 3.05) is 13.2 Å². The molecule has 0 aromatic heterocycles. The van der Waals surface area contributed by atoms with Crippen LogP contribution < -0.4 is 0 Å². The molecule has 0 aliphatic heterocycles. The smallest absolute Gasteiger partial charge is 0.351 e. The van der Waals surface area contributed by atoms with E-state index >= 15 is 0 Å². The van der Waals surface area contributed by atoms with Crippen molar-refractivity contribution in [1.29, 1.82) is 5.26 Å². The number of rotatable bonds is 5. The van der Waals surface area contributed by atoms with Gasteiger partial charge in [-0.25, -0.2) is 4.79 Å². The number of hydrogen-bond acceptors (Lipinski definition) is 5. The minimum absolute atomic E-state index is 0.0419. The Labute approximate surface area is 106 Å². The van der Waals surface area contributed by atoms with Gasteiger partial charge in [-0.3, -0.25) is 4.79 Å². The molecule has 0 heterocycles. The van der Waals surface area contributed by atoms with Crippen LogP contribution in [-0.2, 0) is 14.3 Å². The van der Waals surface area contributed by atoms with Crippen LogP contribution in [0.5, 0.6) is 0 Å². The zero-order valence-electron chi connectivity index (χ0n) is 10.2. The molecule has 0 aliphatic carbocycles. The highest BCUT2D eigenvalue weighted by molar-refractivity contribution is 7.84. The average molecular weight is 256 g/mol. The van der Waals surface area contributed by atoms with Gasteiger partial charge in [0.2, 0.25) is 5.91 Å². The second-order valence-electron chi connectivity index (χ2n) is 3.02. The number of thiol groups is 1. The zero-order valence-corrected chi connectivity index (χ0v) is 11.1. The molecule has 0 rings (SSSR count). The normalized spacial score (nSPS) is 11.2. The average Bonchev–Trinajstić information content (AvgIpc) is 2.31. The number of carbonyl (C=O) groups excluding carboxylic acids is 2. The van der Waals surface area contributed by atoms with Gasteiger partial charge in [0.25, 0.3) is 0 Å². The molecule has 0 saturated heterocycles. The van der Waals surface area contributed by atoms with Crippen molar-refractivity contribution in [2.45, 2.75) is 27.2 Å². The number of hydrogen-bond donors (Lipinski definition) is 1. The highest BCUT2D eigenvalue weighted by Crippen LogP contribution is 2.16. The van der Waals surface area contributed by atoms with Crippen LogP contribution >= 0.6 is 12.6 Å². The molecule has 6 heteroatoms. The van der Waals surface area contributed by atoms with Crippen molar-refractivity contribution in [1.82, 2.24) is 4.90 Å². The highest BCUT2D eigenvalue weighted by atomic mass is 32.1. The summed E-state index contributed by atoms with van der Waals surface area (Å²) < 4.78 is 4.72. The molecule has 0 aromatic rings. The summed E-state index contributed by atoms with van der Waals surface area (Å²) in [4.78, 5) is 24.3. The van der Waals surface area contributed by atoms with Crippen molar-refractivity contribution < 1.29 is 14.3 Å². The summed E-state index contributed by atoms with van der Waals surface area (Å²) in [6.45, 7) is 5.58. The third-order valence-electron chi connectivity index (χ3n) is 1.99. The summed E-state index contributed by atoms with van der Waals surface area (Å²) >= 11 is 4.07. The maximum atomic E-state index is 11.6. The van der Waals surface area contributed by atoms with Crippen LogP contribution in [0, 0.1) is 11.3 Å². The Kier molecular flexibility index (Phi) is 7.06. The molecule has 1 amide bonds. The van der Waals surface area contributed by atoms with Gasteiger partial charge in [0.15, 0.2) is 5.57 Å². The quantitative estimate of drug-likeness (QED) is 0.350. The zero-order chi connectivity index (χ0) is 13.4. The monoisotopic (exact) mass is 256 g/mol. The van der Waals surface area contributed by atoms with Gasteiger partial charge < -0.3 is 9.64 Å². The van der Waals surface area contributed by atoms with Gasteiger partial charge >= 0.3 is 5.97 Å². The van der Waals surface area contributed by atoms with E-state index < -0.39 is 5.97 Å². The summed E-state index contributed by atoms with van der Waals surface area (Å²) in [6.07, 6.45) is 0.277. The maximum absolute atomic E-state index is 11.6. The molecule has 5 nitrogen and oxygen atoms in total. The lowest BCUT2D eigenvalue weighted by Gasteiger charge is -2.20. The van der Waals surface area contributed by atoms with Gasteiger partial charge in [-0.1, -0.05) is 6.92 Å². The van der Waals surface area contributed by atoms with Crippen molar-refractivity contribution in [2.24, 2.45) is 0 Å². The van der Waals surface area contributed by atoms with E-state index in [1.165, 1.54) is 4.90 Å². The first-order valence-electron chi connectivity index (χ1n) is 5.34. The molecule has 17 heavy (non-hydrogen) atoms. The lowest BCUT2D eigenvalue weighted by atomic mass is 10.3. The van der Waals surface area contributed by atoms with Crippen LogP contribution in [0.15, 0.2) is 10.6 Å². The summed E-state index contributed by atoms with van der Waals surface area (Å²) in [6, 6.07) is 1.71. The van der Waals surface area contributed by atoms with E-state index in [-0.39, 0.29) is 29.5 Å². The molecular formula is C11H16N2O3S. The Morgan fingerprint density at radius 2 is 1.94 bits per heavy atom. The van der Waals surface area contributed by atoms with E-state index in [0.29, 0.717) is 6.54 Å². The molecule has 0 saturated carbocycles. The Morgan fingerprint density at radius 1 is 1.35 bits per heavy atom. The van der Waals surface area contributed by atoms with Gasteiger partial charge in [-0.2, -0.15) is 5.26 Å². The van der Waals surface area contributed by atoms with Gasteiger partial charge in [0.1, 0.15) is 6.07 Å². The van der Waals surface area contributed by atoms with Crippen molar-refractivity contribution >= 4 is 24.5 Å². The largest absolute Gasteiger partial charge is 0.462 e. The minimum Gasteiger partial charge on any atom is -0.462 e. The van der Waals surface area contributed by atoms with Crippen LogP contribution in [0.2, 0.25) is 0 Å². The molecular weight excluding hydrogens is 240 g/mol. The summed E-state index contributed by atoms with van der Waals surface area (Å²) in [5.74, 6) is -0.961. The Morgan fingerprint density at radius 3 is 2.29 bits per heavy atom. The number of ether oxygens (including phenoxy) is 1. The fourth-order valence-electron chi connectivity index (χ4n) is 1.16. The van der Waals surface area contributed by atoms with Crippen molar-refractivity contribution in [3.63, 3.8) is 0 Å². The fourth-order valence-corrected chi connectivity index (χ4v) is 1.55. The first kappa shape index (κ1) is 15.5. The molecule has 0 spiro atoms. The second kappa shape index (κ2) is 7.74. The van der Waals surface area contributed by atoms with Gasteiger partial charge in [0, 0.05) is 13.0 Å². The molecule has 0 fully saturated rings. The number of esters is 1. The van der Waals surface area contributed by atoms with Crippen LogP contribution in [0.4, 0.5) is 0 Å². The number of nitriles is 1. The summed E-state index contributed by atoms with van der Waals surface area (Å²) in [5.41, 5.74) is -0.251. The third kappa shape index (κ3) is 4.11. The minimum atomic E-state index is -0.762. The van der Waals surface area contributed by atoms with E-state index in [4.69, 9.17) is 10.00 Å². The molecule has 0 bridgehead atoms. The van der Waals surface area contributed by atoms with E-state index in [2.05, 4.69) is 12.6 Å². The standard InChI is InChI=1S/C11H16N2O3S/c1-4-9(14)13(5-2)10(17)8(7-12)11(15)16-6-3/h17H,4-6H2,1-3H3/b10-8-. The molecule has 0 radical (unpaired) electrons. The van der Waals surface area contributed by atoms with Crippen LogP contribution in [0.1, 0.15) is 27.2 Å². The van der Waals surface area contributed by atoms with Gasteiger partial charge in [-0.15, -0.1) is 12.6 Å². The summed E-state index contributed by atoms with van der Waals surface area (Å²) in [7, 11) is 0. The third-order valence-corrected chi connectivity index (χ3v) is 2.46. The lowest BCUT2D eigenvalue weighted by Crippen LogP contribution is -2.29. The molecule has 0 unspecified atom stereocenters. The molecule has 94 valence electrons. The number of nitrogens with zero attached hydrogens (tertiary/aromatic N) is 2. The predicted octanol–water partition coefficient (Wildman–Crippen LogP) is 1.47. The van der Waals surface area contributed by atoms with E-state index in [1.807, 2.05) is 0 Å². The number of carbonyl (C=O) groups is 2. The highest BCUT2D eigenvalue weighted by Gasteiger charge is 2.21. The van der Waals surface area contributed by atoms with Crippen LogP contribution in [-0.4, -0.2) is 29.9 Å². The maximum Gasteiger partial charge on any atom is 0.351 e. The topological polar surface area (TPSA) is 70.4 Å². The van der Waals surface area contributed by atoms with Crippen LogP contribution in [0.3, 0.4) is 0 Å².